The lowest BCUT2D eigenvalue weighted by molar-refractivity contribution is -0.138. The third-order valence-electron chi connectivity index (χ3n) is 3.52. The number of carbonyl (C=O) groups is 1. The fraction of sp³-hybridized carbons (Fsp3) is 0.917. The van der Waals surface area contributed by atoms with Gasteiger partial charge in [-0.15, -0.1) is 0 Å². The van der Waals surface area contributed by atoms with E-state index in [-0.39, 0.29) is 5.92 Å². The number of hydrogen-bond donors (Lipinski definition) is 2. The van der Waals surface area contributed by atoms with E-state index in [2.05, 4.69) is 11.8 Å². The third-order valence-corrected chi connectivity index (χ3v) is 3.52. The Morgan fingerprint density at radius 3 is 3.00 bits per heavy atom. The average Bonchev–Trinajstić information content (AvgIpc) is 2.26. The quantitative estimate of drug-likeness (QED) is 0.716. The second-order valence-electron chi connectivity index (χ2n) is 4.92. The van der Waals surface area contributed by atoms with Gasteiger partial charge in [-0.25, -0.2) is 0 Å². The van der Waals surface area contributed by atoms with Crippen LogP contribution in [0.1, 0.15) is 32.6 Å². The van der Waals surface area contributed by atoms with Gasteiger partial charge in [0.25, 0.3) is 0 Å². The molecule has 0 aliphatic carbocycles. The maximum absolute atomic E-state index is 10.7. The molecule has 2 unspecified atom stereocenters. The van der Waals surface area contributed by atoms with Crippen LogP contribution in [0.5, 0.6) is 0 Å². The average molecular weight is 228 g/mol. The molecule has 4 heteroatoms. The summed E-state index contributed by atoms with van der Waals surface area (Å²) in [7, 11) is 0. The minimum absolute atomic E-state index is 0.290. The SMILES string of the molecule is CC(CC(=O)O)C1CCCN(CCCN)C1. The Labute approximate surface area is 97.8 Å². The van der Waals surface area contributed by atoms with Crippen LogP contribution in [0.15, 0.2) is 0 Å². The van der Waals surface area contributed by atoms with Crippen molar-refractivity contribution in [2.24, 2.45) is 17.6 Å². The molecule has 0 amide bonds. The van der Waals surface area contributed by atoms with Crippen molar-refractivity contribution in [3.63, 3.8) is 0 Å². The predicted molar refractivity (Wildman–Crippen MR) is 64.3 cm³/mol. The van der Waals surface area contributed by atoms with Crippen molar-refractivity contribution in [2.45, 2.75) is 32.6 Å². The van der Waals surface area contributed by atoms with Crippen LogP contribution < -0.4 is 5.73 Å². The molecule has 0 saturated carbocycles. The van der Waals surface area contributed by atoms with E-state index in [0.29, 0.717) is 12.3 Å². The molecule has 1 saturated heterocycles. The zero-order valence-electron chi connectivity index (χ0n) is 10.2. The number of aliphatic carboxylic acids is 1. The monoisotopic (exact) mass is 228 g/mol. The van der Waals surface area contributed by atoms with E-state index < -0.39 is 5.97 Å². The number of piperidine rings is 1. The molecule has 1 fully saturated rings. The van der Waals surface area contributed by atoms with Crippen LogP contribution >= 0.6 is 0 Å². The summed E-state index contributed by atoms with van der Waals surface area (Å²) in [6.45, 7) is 6.06. The molecule has 0 bridgehead atoms. The van der Waals surface area contributed by atoms with Gasteiger partial charge in [0.05, 0.1) is 0 Å². The van der Waals surface area contributed by atoms with Crippen LogP contribution in [0, 0.1) is 11.8 Å². The van der Waals surface area contributed by atoms with E-state index in [4.69, 9.17) is 10.8 Å². The lowest BCUT2D eigenvalue weighted by Crippen LogP contribution is -2.39. The summed E-state index contributed by atoms with van der Waals surface area (Å²) in [6.07, 6.45) is 3.71. The predicted octanol–water partition coefficient (Wildman–Crippen LogP) is 1.16. The highest BCUT2D eigenvalue weighted by Gasteiger charge is 2.25. The zero-order valence-corrected chi connectivity index (χ0v) is 10.2. The summed E-state index contributed by atoms with van der Waals surface area (Å²) in [4.78, 5) is 13.1. The van der Waals surface area contributed by atoms with Gasteiger partial charge in [0.1, 0.15) is 0 Å². The highest BCUT2D eigenvalue weighted by molar-refractivity contribution is 5.66. The lowest BCUT2D eigenvalue weighted by atomic mass is 9.84. The number of likely N-dealkylation sites (tertiary alicyclic amines) is 1. The topological polar surface area (TPSA) is 66.6 Å². The maximum atomic E-state index is 10.7. The van der Waals surface area contributed by atoms with Gasteiger partial charge < -0.3 is 15.7 Å². The number of nitrogens with two attached hydrogens (primary N) is 1. The summed E-state index contributed by atoms with van der Waals surface area (Å²) in [5.74, 6) is 0.160. The number of hydrogen-bond acceptors (Lipinski definition) is 3. The van der Waals surface area contributed by atoms with Gasteiger partial charge in [-0.2, -0.15) is 0 Å². The van der Waals surface area contributed by atoms with Gasteiger partial charge in [-0.3, -0.25) is 4.79 Å². The van der Waals surface area contributed by atoms with Gasteiger partial charge in [0, 0.05) is 13.0 Å². The highest BCUT2D eigenvalue weighted by Crippen LogP contribution is 2.25. The van der Waals surface area contributed by atoms with E-state index >= 15 is 0 Å². The smallest absolute Gasteiger partial charge is 0.303 e. The largest absolute Gasteiger partial charge is 0.481 e. The molecular formula is C12H24N2O2. The van der Waals surface area contributed by atoms with Crippen LogP contribution in [0.2, 0.25) is 0 Å². The van der Waals surface area contributed by atoms with Crippen LogP contribution in [-0.2, 0) is 4.79 Å². The molecule has 1 aliphatic heterocycles. The standard InChI is InChI=1S/C12H24N2O2/c1-10(8-12(15)16)11-4-2-6-14(9-11)7-3-5-13/h10-11H,2-9,13H2,1H3,(H,15,16). The minimum Gasteiger partial charge on any atom is -0.481 e. The molecule has 94 valence electrons. The molecule has 4 nitrogen and oxygen atoms in total. The van der Waals surface area contributed by atoms with Crippen molar-refractivity contribution < 1.29 is 9.90 Å². The molecule has 1 aliphatic rings. The van der Waals surface area contributed by atoms with E-state index in [1.807, 2.05) is 0 Å². The number of nitrogens with zero attached hydrogens (tertiary/aromatic N) is 1. The molecule has 3 N–H and O–H groups in total. The van der Waals surface area contributed by atoms with E-state index in [1.54, 1.807) is 0 Å². The first-order chi connectivity index (χ1) is 7.63. The normalized spacial score (nSPS) is 24.2. The van der Waals surface area contributed by atoms with Gasteiger partial charge >= 0.3 is 5.97 Å². The summed E-state index contributed by atoms with van der Waals surface area (Å²) in [5, 5.41) is 8.79. The van der Waals surface area contributed by atoms with Crippen LogP contribution in [0.3, 0.4) is 0 Å². The lowest BCUT2D eigenvalue weighted by Gasteiger charge is -2.35. The maximum Gasteiger partial charge on any atom is 0.303 e. The number of rotatable bonds is 6. The molecule has 16 heavy (non-hydrogen) atoms. The van der Waals surface area contributed by atoms with Crippen LogP contribution in [-0.4, -0.2) is 42.2 Å². The Balaban J connectivity index is 2.34. The first kappa shape index (κ1) is 13.5. The third kappa shape index (κ3) is 4.49. The molecular weight excluding hydrogens is 204 g/mol. The second kappa shape index (κ2) is 6.86. The number of carboxylic acid groups (broad SMARTS) is 1. The number of carboxylic acids is 1. The molecule has 0 aromatic rings. The molecule has 0 spiro atoms. The Kier molecular flexibility index (Phi) is 5.77. The van der Waals surface area contributed by atoms with Crippen LogP contribution in [0.25, 0.3) is 0 Å². The molecule has 2 atom stereocenters. The van der Waals surface area contributed by atoms with Crippen molar-refractivity contribution in [1.29, 1.82) is 0 Å². The molecule has 0 aromatic carbocycles. The molecule has 0 radical (unpaired) electrons. The van der Waals surface area contributed by atoms with Crippen molar-refractivity contribution in [1.82, 2.24) is 4.90 Å². The molecule has 1 heterocycles. The fourth-order valence-corrected chi connectivity index (χ4v) is 2.52. The van der Waals surface area contributed by atoms with Crippen molar-refractivity contribution in [2.75, 3.05) is 26.2 Å². The Bertz CT molecular complexity index is 221. The fourth-order valence-electron chi connectivity index (χ4n) is 2.52. The summed E-state index contributed by atoms with van der Waals surface area (Å²) in [5.41, 5.74) is 5.50. The summed E-state index contributed by atoms with van der Waals surface area (Å²) < 4.78 is 0. The highest BCUT2D eigenvalue weighted by atomic mass is 16.4. The van der Waals surface area contributed by atoms with Gasteiger partial charge in [-0.05, 0) is 50.7 Å². The second-order valence-corrected chi connectivity index (χ2v) is 4.92. The van der Waals surface area contributed by atoms with E-state index in [9.17, 15) is 4.79 Å². The summed E-state index contributed by atoms with van der Waals surface area (Å²) in [6, 6.07) is 0. The first-order valence-corrected chi connectivity index (χ1v) is 6.27. The molecule has 1 rings (SSSR count). The minimum atomic E-state index is -0.674. The van der Waals surface area contributed by atoms with Crippen molar-refractivity contribution >= 4 is 5.97 Å². The Morgan fingerprint density at radius 1 is 1.62 bits per heavy atom. The van der Waals surface area contributed by atoms with Gasteiger partial charge in [0.2, 0.25) is 0 Å². The van der Waals surface area contributed by atoms with Crippen molar-refractivity contribution in [3.8, 4) is 0 Å². The van der Waals surface area contributed by atoms with Gasteiger partial charge in [-0.1, -0.05) is 6.92 Å². The van der Waals surface area contributed by atoms with Gasteiger partial charge in [0.15, 0.2) is 0 Å². The molecule has 0 aromatic heterocycles. The van der Waals surface area contributed by atoms with Crippen LogP contribution in [0.4, 0.5) is 0 Å². The Hall–Kier alpha value is -0.610. The first-order valence-electron chi connectivity index (χ1n) is 6.27. The van der Waals surface area contributed by atoms with Crippen molar-refractivity contribution in [3.05, 3.63) is 0 Å². The summed E-state index contributed by atoms with van der Waals surface area (Å²) >= 11 is 0. The van der Waals surface area contributed by atoms with E-state index in [0.717, 1.165) is 32.6 Å². The Morgan fingerprint density at radius 2 is 2.38 bits per heavy atom. The zero-order chi connectivity index (χ0) is 12.0. The van der Waals surface area contributed by atoms with E-state index in [1.165, 1.54) is 12.8 Å².